The average molecular weight is 399 g/mol. The highest BCUT2D eigenvalue weighted by Gasteiger charge is 2.20. The van der Waals surface area contributed by atoms with Crippen LogP contribution in [-0.2, 0) is 6.42 Å². The molecule has 0 aliphatic heterocycles. The molecule has 0 radical (unpaired) electrons. The van der Waals surface area contributed by atoms with Gasteiger partial charge in [-0.1, -0.05) is 6.07 Å². The molecular formula is C20H28Cl2N2O2. The zero-order chi connectivity index (χ0) is 16.8. The van der Waals surface area contributed by atoms with E-state index in [9.17, 15) is 0 Å². The first-order valence-corrected chi connectivity index (χ1v) is 8.73. The third kappa shape index (κ3) is 5.76. The highest BCUT2D eigenvalue weighted by Crippen LogP contribution is 2.34. The first kappa shape index (κ1) is 22.6. The topological polar surface area (TPSA) is 57.4 Å². The lowest BCUT2D eigenvalue weighted by Gasteiger charge is -2.20. The Morgan fingerprint density at radius 2 is 1.77 bits per heavy atom. The molecule has 0 bridgehead atoms. The molecular weight excluding hydrogens is 371 g/mol. The molecule has 0 saturated heterocycles. The van der Waals surface area contributed by atoms with Crippen molar-refractivity contribution in [3.05, 3.63) is 53.9 Å². The Labute approximate surface area is 168 Å². The van der Waals surface area contributed by atoms with Crippen molar-refractivity contribution < 1.29 is 9.47 Å². The van der Waals surface area contributed by atoms with Gasteiger partial charge in [-0.25, -0.2) is 0 Å². The molecule has 1 aliphatic rings. The average Bonchev–Trinajstić information content (AvgIpc) is 3.13. The number of hydrogen-bond donors (Lipinski definition) is 1. The predicted molar refractivity (Wildman–Crippen MR) is 110 cm³/mol. The Morgan fingerprint density at radius 1 is 1.08 bits per heavy atom. The van der Waals surface area contributed by atoms with Gasteiger partial charge in [0.1, 0.15) is 0 Å². The fourth-order valence-corrected chi connectivity index (χ4v) is 3.37. The molecule has 1 saturated carbocycles. The van der Waals surface area contributed by atoms with Gasteiger partial charge in [-0.3, -0.25) is 4.98 Å². The first-order valence-electron chi connectivity index (χ1n) is 8.73. The molecule has 3 rings (SSSR count). The largest absolute Gasteiger partial charge is 0.493 e. The Bertz CT molecular complexity index is 650. The number of rotatable bonds is 7. The van der Waals surface area contributed by atoms with Gasteiger partial charge in [0.2, 0.25) is 0 Å². The highest BCUT2D eigenvalue weighted by atomic mass is 35.5. The van der Waals surface area contributed by atoms with E-state index in [1.165, 1.54) is 24.0 Å². The van der Waals surface area contributed by atoms with E-state index in [0.29, 0.717) is 12.6 Å². The van der Waals surface area contributed by atoms with Crippen molar-refractivity contribution >= 4 is 24.8 Å². The lowest BCUT2D eigenvalue weighted by molar-refractivity contribution is 0.200. The molecule has 144 valence electrons. The number of pyridine rings is 1. The summed E-state index contributed by atoms with van der Waals surface area (Å²) in [6.07, 6.45) is 9.62. The van der Waals surface area contributed by atoms with Crippen LogP contribution < -0.4 is 15.2 Å². The van der Waals surface area contributed by atoms with E-state index in [4.69, 9.17) is 15.2 Å². The summed E-state index contributed by atoms with van der Waals surface area (Å²) in [6.45, 7) is 0.595. The molecule has 1 aliphatic carbocycles. The Morgan fingerprint density at radius 3 is 2.38 bits per heavy atom. The summed E-state index contributed by atoms with van der Waals surface area (Å²) in [5.74, 6) is 1.89. The number of hydrogen-bond acceptors (Lipinski definition) is 4. The van der Waals surface area contributed by atoms with Crippen LogP contribution in [0.5, 0.6) is 11.5 Å². The van der Waals surface area contributed by atoms with E-state index in [0.717, 1.165) is 30.8 Å². The van der Waals surface area contributed by atoms with Crippen molar-refractivity contribution in [2.45, 2.75) is 44.1 Å². The van der Waals surface area contributed by atoms with Gasteiger partial charge in [0.15, 0.2) is 11.5 Å². The number of methoxy groups -OCH3 is 1. The minimum Gasteiger partial charge on any atom is -0.493 e. The normalized spacial score (nSPS) is 14.8. The molecule has 6 heteroatoms. The number of nitrogens with two attached hydrogens (primary N) is 1. The number of ether oxygens (including phenoxy) is 2. The number of nitrogens with zero attached hydrogens (tertiary/aromatic N) is 1. The van der Waals surface area contributed by atoms with Crippen LogP contribution in [0.4, 0.5) is 0 Å². The standard InChI is InChI=1S/C20H26N2O2.2ClH/c1-23-19-7-6-16(13-20(19)24-18-4-2-3-5-18)17(14-21)12-15-8-10-22-11-9-15;;/h6-11,13,17-18H,2-5,12,14,21H2,1H3;2*1H. The quantitative estimate of drug-likeness (QED) is 0.743. The fraction of sp³-hybridized carbons (Fsp3) is 0.450. The molecule has 1 aromatic carbocycles. The van der Waals surface area contributed by atoms with E-state index in [1.807, 2.05) is 30.6 Å². The van der Waals surface area contributed by atoms with Gasteiger partial charge in [0.25, 0.3) is 0 Å². The van der Waals surface area contributed by atoms with Gasteiger partial charge in [-0.2, -0.15) is 0 Å². The predicted octanol–water partition coefficient (Wildman–Crippen LogP) is 4.54. The minimum absolute atomic E-state index is 0. The van der Waals surface area contributed by atoms with Crippen LogP contribution in [0.1, 0.15) is 42.7 Å². The lowest BCUT2D eigenvalue weighted by Crippen LogP contribution is -2.16. The zero-order valence-corrected chi connectivity index (χ0v) is 16.7. The van der Waals surface area contributed by atoms with Gasteiger partial charge >= 0.3 is 0 Å². The highest BCUT2D eigenvalue weighted by molar-refractivity contribution is 5.85. The maximum Gasteiger partial charge on any atom is 0.161 e. The van der Waals surface area contributed by atoms with E-state index in [1.54, 1.807) is 7.11 Å². The second-order valence-corrected chi connectivity index (χ2v) is 6.43. The SMILES string of the molecule is COc1ccc(C(CN)Cc2ccncc2)cc1OC1CCCC1.Cl.Cl. The summed E-state index contributed by atoms with van der Waals surface area (Å²) in [4.78, 5) is 4.08. The van der Waals surface area contributed by atoms with Crippen LogP contribution in [0.3, 0.4) is 0 Å². The molecule has 1 fully saturated rings. The molecule has 2 aromatic rings. The third-order valence-corrected chi connectivity index (χ3v) is 4.77. The van der Waals surface area contributed by atoms with E-state index in [2.05, 4.69) is 17.1 Å². The van der Waals surface area contributed by atoms with Crippen LogP contribution >= 0.6 is 24.8 Å². The molecule has 2 N–H and O–H groups in total. The van der Waals surface area contributed by atoms with E-state index < -0.39 is 0 Å². The van der Waals surface area contributed by atoms with Crippen LogP contribution in [0.25, 0.3) is 0 Å². The second kappa shape index (κ2) is 11.3. The van der Waals surface area contributed by atoms with Gasteiger partial charge in [0.05, 0.1) is 13.2 Å². The van der Waals surface area contributed by atoms with Crippen molar-refractivity contribution in [1.29, 1.82) is 0 Å². The molecule has 1 atom stereocenters. The molecule has 1 heterocycles. The van der Waals surface area contributed by atoms with Crippen molar-refractivity contribution in [2.24, 2.45) is 5.73 Å². The number of halogens is 2. The summed E-state index contributed by atoms with van der Waals surface area (Å²) in [5.41, 5.74) is 8.49. The molecule has 4 nitrogen and oxygen atoms in total. The molecule has 0 spiro atoms. The molecule has 26 heavy (non-hydrogen) atoms. The molecule has 1 unspecified atom stereocenters. The van der Waals surface area contributed by atoms with E-state index in [-0.39, 0.29) is 30.7 Å². The first-order chi connectivity index (χ1) is 11.8. The number of benzene rings is 1. The van der Waals surface area contributed by atoms with Crippen LogP contribution in [0.2, 0.25) is 0 Å². The van der Waals surface area contributed by atoms with Gasteiger partial charge in [-0.15, -0.1) is 24.8 Å². The Balaban J connectivity index is 0.00000169. The van der Waals surface area contributed by atoms with Crippen molar-refractivity contribution in [3.8, 4) is 11.5 Å². The van der Waals surface area contributed by atoms with Crippen LogP contribution in [-0.4, -0.2) is 24.7 Å². The summed E-state index contributed by atoms with van der Waals surface area (Å²) >= 11 is 0. The maximum absolute atomic E-state index is 6.21. The van der Waals surface area contributed by atoms with Crippen LogP contribution in [0, 0.1) is 0 Å². The summed E-state index contributed by atoms with van der Waals surface area (Å²) in [7, 11) is 1.69. The Hall–Kier alpha value is -1.49. The lowest BCUT2D eigenvalue weighted by atomic mass is 9.92. The molecule has 0 amide bonds. The minimum atomic E-state index is 0. The fourth-order valence-electron chi connectivity index (χ4n) is 3.37. The summed E-state index contributed by atoms with van der Waals surface area (Å²) < 4.78 is 11.7. The van der Waals surface area contributed by atoms with Crippen molar-refractivity contribution in [2.75, 3.05) is 13.7 Å². The van der Waals surface area contributed by atoms with Gasteiger partial charge in [0, 0.05) is 18.3 Å². The maximum atomic E-state index is 6.21. The van der Waals surface area contributed by atoms with Crippen molar-refractivity contribution in [1.82, 2.24) is 4.98 Å². The Kier molecular flexibility index (Phi) is 9.78. The van der Waals surface area contributed by atoms with Crippen LogP contribution in [0.15, 0.2) is 42.7 Å². The van der Waals surface area contributed by atoms with E-state index >= 15 is 0 Å². The molecule has 1 aromatic heterocycles. The zero-order valence-electron chi connectivity index (χ0n) is 15.1. The second-order valence-electron chi connectivity index (χ2n) is 6.43. The van der Waals surface area contributed by atoms with Gasteiger partial charge < -0.3 is 15.2 Å². The summed E-state index contributed by atoms with van der Waals surface area (Å²) in [5, 5.41) is 0. The third-order valence-electron chi connectivity index (χ3n) is 4.77. The van der Waals surface area contributed by atoms with Gasteiger partial charge in [-0.05, 0) is 74.0 Å². The summed E-state index contributed by atoms with van der Waals surface area (Å²) in [6, 6.07) is 10.3. The smallest absolute Gasteiger partial charge is 0.161 e. The number of aromatic nitrogens is 1. The van der Waals surface area contributed by atoms with Crippen molar-refractivity contribution in [3.63, 3.8) is 0 Å². The monoisotopic (exact) mass is 398 g/mol.